The smallest absolute Gasteiger partial charge is 0.337 e. The van der Waals surface area contributed by atoms with Crippen molar-refractivity contribution in [2.24, 2.45) is 0 Å². The molecular weight excluding hydrogens is 362 g/mol. The Labute approximate surface area is 158 Å². The van der Waals surface area contributed by atoms with E-state index in [1.165, 1.54) is 24.3 Å². The quantitative estimate of drug-likeness (QED) is 0.674. The number of carbonyl (C=O) groups is 1. The molecule has 0 amide bonds. The maximum atomic E-state index is 12.8. The summed E-state index contributed by atoms with van der Waals surface area (Å²) in [7, 11) is -4.05. The standard InChI is InChI=1S/C21H19NO4S/c1-15-11-12-19(17(13-15)14-16-7-3-2-4-8-16)22-27(25,26)20-10-6-5-9-18(20)21(23)24/h2-13,22H,14H2,1H3,(H,23,24). The van der Waals surface area contributed by atoms with Gasteiger partial charge in [-0.15, -0.1) is 0 Å². The predicted octanol–water partition coefficient (Wildman–Crippen LogP) is 4.08. The van der Waals surface area contributed by atoms with Crippen molar-refractivity contribution in [2.75, 3.05) is 4.72 Å². The molecule has 0 heterocycles. The second-order valence-electron chi connectivity index (χ2n) is 6.23. The van der Waals surface area contributed by atoms with Crippen molar-refractivity contribution in [1.82, 2.24) is 0 Å². The van der Waals surface area contributed by atoms with Crippen molar-refractivity contribution in [1.29, 1.82) is 0 Å². The molecule has 0 fully saturated rings. The summed E-state index contributed by atoms with van der Waals surface area (Å²) in [4.78, 5) is 11.1. The van der Waals surface area contributed by atoms with Gasteiger partial charge in [0.15, 0.2) is 0 Å². The maximum Gasteiger partial charge on any atom is 0.337 e. The molecule has 0 aliphatic carbocycles. The average molecular weight is 381 g/mol. The van der Waals surface area contributed by atoms with Gasteiger partial charge in [-0.1, -0.05) is 60.2 Å². The lowest BCUT2D eigenvalue weighted by molar-refractivity contribution is 0.0692. The molecule has 3 aromatic rings. The first-order chi connectivity index (χ1) is 12.9. The molecule has 5 nitrogen and oxygen atoms in total. The van der Waals surface area contributed by atoms with Crippen LogP contribution >= 0.6 is 0 Å². The Morgan fingerprint density at radius 2 is 1.63 bits per heavy atom. The summed E-state index contributed by atoms with van der Waals surface area (Å²) < 4.78 is 28.2. The third kappa shape index (κ3) is 4.35. The number of carboxylic acid groups (broad SMARTS) is 1. The Bertz CT molecular complexity index is 1080. The van der Waals surface area contributed by atoms with Crippen LogP contribution < -0.4 is 4.72 Å². The average Bonchev–Trinajstić information content (AvgIpc) is 2.65. The fourth-order valence-corrected chi connectivity index (χ4v) is 4.16. The third-order valence-corrected chi connectivity index (χ3v) is 5.57. The van der Waals surface area contributed by atoms with Crippen LogP contribution in [0, 0.1) is 6.92 Å². The van der Waals surface area contributed by atoms with Gasteiger partial charge < -0.3 is 5.11 Å². The summed E-state index contributed by atoms with van der Waals surface area (Å²) in [6, 6.07) is 20.7. The van der Waals surface area contributed by atoms with Crippen molar-refractivity contribution >= 4 is 21.7 Å². The molecule has 138 valence electrons. The van der Waals surface area contributed by atoms with Crippen LogP contribution in [0.25, 0.3) is 0 Å². The molecule has 6 heteroatoms. The van der Waals surface area contributed by atoms with Crippen LogP contribution in [0.3, 0.4) is 0 Å². The fraction of sp³-hybridized carbons (Fsp3) is 0.0952. The van der Waals surface area contributed by atoms with Gasteiger partial charge in [0, 0.05) is 0 Å². The predicted molar refractivity (Wildman–Crippen MR) is 105 cm³/mol. The second-order valence-corrected chi connectivity index (χ2v) is 7.88. The summed E-state index contributed by atoms with van der Waals surface area (Å²) in [5.74, 6) is -1.29. The molecule has 0 radical (unpaired) electrons. The zero-order valence-electron chi connectivity index (χ0n) is 14.7. The molecule has 3 aromatic carbocycles. The minimum absolute atomic E-state index is 0.260. The van der Waals surface area contributed by atoms with Crippen LogP contribution in [-0.4, -0.2) is 19.5 Å². The molecule has 0 aliphatic heterocycles. The van der Waals surface area contributed by atoms with Crippen molar-refractivity contribution in [3.8, 4) is 0 Å². The highest BCUT2D eigenvalue weighted by molar-refractivity contribution is 7.92. The first-order valence-corrected chi connectivity index (χ1v) is 9.84. The molecule has 0 unspecified atom stereocenters. The number of carboxylic acids is 1. The lowest BCUT2D eigenvalue weighted by Crippen LogP contribution is -2.17. The molecular formula is C21H19NO4S. The minimum atomic E-state index is -4.05. The molecule has 0 aliphatic rings. The number of sulfonamides is 1. The second kappa shape index (κ2) is 7.63. The van der Waals surface area contributed by atoms with E-state index < -0.39 is 16.0 Å². The monoisotopic (exact) mass is 381 g/mol. The van der Waals surface area contributed by atoms with E-state index in [9.17, 15) is 18.3 Å². The first-order valence-electron chi connectivity index (χ1n) is 8.35. The van der Waals surface area contributed by atoms with Gasteiger partial charge >= 0.3 is 5.97 Å². The van der Waals surface area contributed by atoms with E-state index in [1.807, 2.05) is 49.4 Å². The Morgan fingerprint density at radius 3 is 2.33 bits per heavy atom. The van der Waals surface area contributed by atoms with Crippen LogP contribution in [0.5, 0.6) is 0 Å². The van der Waals surface area contributed by atoms with Crippen molar-refractivity contribution in [2.45, 2.75) is 18.2 Å². The highest BCUT2D eigenvalue weighted by atomic mass is 32.2. The van der Waals surface area contributed by atoms with Crippen LogP contribution in [-0.2, 0) is 16.4 Å². The van der Waals surface area contributed by atoms with Gasteiger partial charge in [0.25, 0.3) is 10.0 Å². The lowest BCUT2D eigenvalue weighted by Gasteiger charge is -2.15. The van der Waals surface area contributed by atoms with Gasteiger partial charge in [0.05, 0.1) is 11.3 Å². The van der Waals surface area contributed by atoms with Crippen molar-refractivity contribution in [3.05, 3.63) is 95.1 Å². The molecule has 0 aromatic heterocycles. The zero-order chi connectivity index (χ0) is 19.4. The van der Waals surface area contributed by atoms with E-state index in [-0.39, 0.29) is 10.5 Å². The van der Waals surface area contributed by atoms with Gasteiger partial charge in [-0.05, 0) is 42.7 Å². The van der Waals surface area contributed by atoms with Gasteiger partial charge in [-0.3, -0.25) is 4.72 Å². The highest BCUT2D eigenvalue weighted by Crippen LogP contribution is 2.25. The van der Waals surface area contributed by atoms with E-state index in [0.29, 0.717) is 12.1 Å². The topological polar surface area (TPSA) is 83.5 Å². The number of nitrogens with one attached hydrogen (secondary N) is 1. The molecule has 27 heavy (non-hydrogen) atoms. The number of benzene rings is 3. The first kappa shape index (κ1) is 18.7. The van der Waals surface area contributed by atoms with E-state index in [0.717, 1.165) is 16.7 Å². The SMILES string of the molecule is Cc1ccc(NS(=O)(=O)c2ccccc2C(=O)O)c(Cc2ccccc2)c1. The molecule has 0 atom stereocenters. The normalized spacial score (nSPS) is 11.1. The fourth-order valence-electron chi connectivity index (χ4n) is 2.86. The minimum Gasteiger partial charge on any atom is -0.478 e. The number of hydrogen-bond acceptors (Lipinski definition) is 3. The molecule has 2 N–H and O–H groups in total. The molecule has 3 rings (SSSR count). The van der Waals surface area contributed by atoms with Gasteiger partial charge in [0.1, 0.15) is 4.90 Å². The zero-order valence-corrected chi connectivity index (χ0v) is 15.5. The number of aryl methyl sites for hydroxylation is 1. The largest absolute Gasteiger partial charge is 0.478 e. The summed E-state index contributed by atoms with van der Waals surface area (Å²) in [5.41, 5.74) is 3.05. The van der Waals surface area contributed by atoms with Crippen LogP contribution in [0.2, 0.25) is 0 Å². The molecule has 0 bridgehead atoms. The third-order valence-electron chi connectivity index (χ3n) is 4.15. The summed E-state index contributed by atoms with van der Waals surface area (Å²) in [6.07, 6.45) is 0.556. The molecule has 0 spiro atoms. The van der Waals surface area contributed by atoms with E-state index in [1.54, 1.807) is 6.07 Å². The van der Waals surface area contributed by atoms with Crippen molar-refractivity contribution in [3.63, 3.8) is 0 Å². The number of rotatable bonds is 6. The number of anilines is 1. The van der Waals surface area contributed by atoms with E-state index >= 15 is 0 Å². The van der Waals surface area contributed by atoms with Crippen LogP contribution in [0.4, 0.5) is 5.69 Å². The summed E-state index contributed by atoms with van der Waals surface area (Å²) in [5, 5.41) is 9.29. The number of aromatic carboxylic acids is 1. The van der Waals surface area contributed by atoms with Gasteiger partial charge in [0.2, 0.25) is 0 Å². The maximum absolute atomic E-state index is 12.8. The Morgan fingerprint density at radius 1 is 0.963 bits per heavy atom. The Balaban J connectivity index is 1.99. The number of hydrogen-bond donors (Lipinski definition) is 2. The lowest BCUT2D eigenvalue weighted by atomic mass is 10.0. The molecule has 0 saturated carbocycles. The van der Waals surface area contributed by atoms with Crippen LogP contribution in [0.1, 0.15) is 27.0 Å². The Kier molecular flexibility index (Phi) is 5.28. The molecule has 0 saturated heterocycles. The van der Waals surface area contributed by atoms with E-state index in [4.69, 9.17) is 0 Å². The highest BCUT2D eigenvalue weighted by Gasteiger charge is 2.22. The summed E-state index contributed by atoms with van der Waals surface area (Å²) >= 11 is 0. The van der Waals surface area contributed by atoms with E-state index in [2.05, 4.69) is 4.72 Å². The summed E-state index contributed by atoms with van der Waals surface area (Å²) in [6.45, 7) is 1.94. The Hall–Kier alpha value is -3.12. The van der Waals surface area contributed by atoms with Crippen molar-refractivity contribution < 1.29 is 18.3 Å². The van der Waals surface area contributed by atoms with Crippen LogP contribution in [0.15, 0.2) is 77.7 Å². The van der Waals surface area contributed by atoms with Gasteiger partial charge in [-0.2, -0.15) is 0 Å². The van der Waals surface area contributed by atoms with Gasteiger partial charge in [-0.25, -0.2) is 13.2 Å².